The fraction of sp³-hybridized carbons (Fsp3) is 0.500. The number of aromatic hydroxyl groups is 1. The first kappa shape index (κ1) is 12.9. The maximum absolute atomic E-state index is 13.0. The molecule has 0 amide bonds. The van der Waals surface area contributed by atoms with Gasteiger partial charge in [0.05, 0.1) is 12.1 Å². The summed E-state index contributed by atoms with van der Waals surface area (Å²) in [6, 6.07) is 2.72. The van der Waals surface area contributed by atoms with Crippen molar-refractivity contribution in [2.75, 3.05) is 0 Å². The fourth-order valence-electron chi connectivity index (χ4n) is 1.50. The first-order valence-electron chi connectivity index (χ1n) is 5.15. The van der Waals surface area contributed by atoms with Gasteiger partial charge in [-0.15, -0.1) is 0 Å². The van der Waals surface area contributed by atoms with Crippen molar-refractivity contribution in [1.82, 2.24) is 0 Å². The third-order valence-electron chi connectivity index (χ3n) is 2.58. The molecule has 0 heterocycles. The van der Waals surface area contributed by atoms with Crippen LogP contribution in [0.1, 0.15) is 32.4 Å². The van der Waals surface area contributed by atoms with E-state index in [1.54, 1.807) is 0 Å². The minimum Gasteiger partial charge on any atom is -0.508 e. The highest BCUT2D eigenvalue weighted by Crippen LogP contribution is 2.32. The number of rotatable bonds is 2. The molecule has 0 bridgehead atoms. The monoisotopic (exact) mass is 227 g/mol. The lowest BCUT2D eigenvalue weighted by Crippen LogP contribution is -2.37. The number of aliphatic hydroxyl groups excluding tert-OH is 1. The van der Waals surface area contributed by atoms with Crippen LogP contribution in [0.3, 0.4) is 0 Å². The number of benzene rings is 1. The zero-order valence-corrected chi connectivity index (χ0v) is 9.74. The van der Waals surface area contributed by atoms with Crippen LogP contribution in [0.5, 0.6) is 5.75 Å². The third-order valence-corrected chi connectivity index (χ3v) is 2.58. The normalized spacial score (nSPS) is 15.9. The Labute approximate surface area is 94.7 Å². The van der Waals surface area contributed by atoms with Crippen molar-refractivity contribution in [3.8, 4) is 5.75 Å². The molecule has 4 N–H and O–H groups in total. The van der Waals surface area contributed by atoms with Gasteiger partial charge in [0, 0.05) is 5.56 Å². The van der Waals surface area contributed by atoms with Crippen molar-refractivity contribution in [3.05, 3.63) is 29.6 Å². The predicted molar refractivity (Wildman–Crippen MR) is 60.5 cm³/mol. The Morgan fingerprint density at radius 1 is 1.31 bits per heavy atom. The molecule has 0 unspecified atom stereocenters. The van der Waals surface area contributed by atoms with Crippen molar-refractivity contribution in [2.24, 2.45) is 11.1 Å². The Bertz CT molecular complexity index is 374. The number of aliphatic hydroxyl groups is 1. The van der Waals surface area contributed by atoms with Crippen LogP contribution in [-0.4, -0.2) is 16.3 Å². The van der Waals surface area contributed by atoms with Crippen molar-refractivity contribution in [1.29, 1.82) is 0 Å². The summed E-state index contributed by atoms with van der Waals surface area (Å²) in [6.45, 7) is 5.48. The van der Waals surface area contributed by atoms with Crippen molar-refractivity contribution in [3.63, 3.8) is 0 Å². The molecule has 16 heavy (non-hydrogen) atoms. The highest BCUT2D eigenvalue weighted by Gasteiger charge is 2.30. The molecule has 1 aromatic carbocycles. The van der Waals surface area contributed by atoms with Gasteiger partial charge in [-0.25, -0.2) is 4.39 Å². The second-order valence-corrected chi connectivity index (χ2v) is 5.04. The molecule has 0 aliphatic rings. The molecule has 4 heteroatoms. The van der Waals surface area contributed by atoms with E-state index in [0.29, 0.717) is 0 Å². The van der Waals surface area contributed by atoms with Gasteiger partial charge in [-0.1, -0.05) is 20.8 Å². The van der Waals surface area contributed by atoms with Crippen molar-refractivity contribution >= 4 is 0 Å². The maximum Gasteiger partial charge on any atom is 0.123 e. The minimum absolute atomic E-state index is 0.0998. The van der Waals surface area contributed by atoms with E-state index in [-0.39, 0.29) is 11.3 Å². The summed E-state index contributed by atoms with van der Waals surface area (Å²) in [5, 5.41) is 19.5. The van der Waals surface area contributed by atoms with Crippen LogP contribution in [0.15, 0.2) is 18.2 Å². The Morgan fingerprint density at radius 3 is 2.38 bits per heavy atom. The molecule has 0 fully saturated rings. The summed E-state index contributed by atoms with van der Waals surface area (Å²) in [5.41, 5.74) is 5.61. The first-order chi connectivity index (χ1) is 7.23. The lowest BCUT2D eigenvalue weighted by molar-refractivity contribution is 0.0394. The van der Waals surface area contributed by atoms with Gasteiger partial charge in [0.2, 0.25) is 0 Å². The van der Waals surface area contributed by atoms with Gasteiger partial charge in [-0.2, -0.15) is 0 Å². The molecule has 90 valence electrons. The molecule has 3 nitrogen and oxygen atoms in total. The average molecular weight is 227 g/mol. The summed E-state index contributed by atoms with van der Waals surface area (Å²) < 4.78 is 13.0. The lowest BCUT2D eigenvalue weighted by Gasteiger charge is -2.31. The van der Waals surface area contributed by atoms with Gasteiger partial charge in [-0.05, 0) is 23.6 Å². The molecule has 0 saturated carbocycles. The van der Waals surface area contributed by atoms with E-state index in [1.807, 2.05) is 20.8 Å². The molecular weight excluding hydrogens is 209 g/mol. The summed E-state index contributed by atoms with van der Waals surface area (Å²) in [7, 11) is 0. The predicted octanol–water partition coefficient (Wildman–Crippen LogP) is 1.94. The van der Waals surface area contributed by atoms with Crippen LogP contribution in [0.25, 0.3) is 0 Å². The quantitative estimate of drug-likeness (QED) is 0.723. The van der Waals surface area contributed by atoms with Gasteiger partial charge in [-0.3, -0.25) is 0 Å². The number of halogens is 1. The molecule has 0 aliphatic heterocycles. The zero-order valence-electron chi connectivity index (χ0n) is 9.74. The Kier molecular flexibility index (Phi) is 3.55. The SMILES string of the molecule is CC(C)(C)[C@H](O)[C@H](N)c1cc(F)ccc1O. The van der Waals surface area contributed by atoms with E-state index in [9.17, 15) is 14.6 Å². The highest BCUT2D eigenvalue weighted by molar-refractivity contribution is 5.35. The molecule has 0 saturated heterocycles. The second-order valence-electron chi connectivity index (χ2n) is 5.04. The molecule has 0 aromatic heterocycles. The second kappa shape index (κ2) is 4.39. The molecule has 0 radical (unpaired) electrons. The van der Waals surface area contributed by atoms with Gasteiger partial charge in [0.1, 0.15) is 11.6 Å². The number of phenolic OH excluding ortho intramolecular Hbond substituents is 1. The smallest absolute Gasteiger partial charge is 0.123 e. The van der Waals surface area contributed by atoms with Crippen molar-refractivity contribution in [2.45, 2.75) is 32.9 Å². The maximum atomic E-state index is 13.0. The van der Waals surface area contributed by atoms with Crippen LogP contribution >= 0.6 is 0 Å². The topological polar surface area (TPSA) is 66.5 Å². The zero-order chi connectivity index (χ0) is 12.5. The van der Waals surface area contributed by atoms with Crippen LogP contribution in [-0.2, 0) is 0 Å². The van der Waals surface area contributed by atoms with Gasteiger partial charge in [0.15, 0.2) is 0 Å². The largest absolute Gasteiger partial charge is 0.508 e. The number of phenols is 1. The molecule has 2 atom stereocenters. The fourth-order valence-corrected chi connectivity index (χ4v) is 1.50. The number of hydrogen-bond acceptors (Lipinski definition) is 3. The van der Waals surface area contributed by atoms with Gasteiger partial charge < -0.3 is 15.9 Å². The van der Waals surface area contributed by atoms with Crippen molar-refractivity contribution < 1.29 is 14.6 Å². The van der Waals surface area contributed by atoms with E-state index >= 15 is 0 Å². The first-order valence-corrected chi connectivity index (χ1v) is 5.15. The number of nitrogens with two attached hydrogens (primary N) is 1. The third kappa shape index (κ3) is 2.71. The molecule has 1 rings (SSSR count). The Balaban J connectivity index is 3.05. The summed E-state index contributed by atoms with van der Waals surface area (Å²) in [4.78, 5) is 0. The average Bonchev–Trinajstić information content (AvgIpc) is 2.18. The van der Waals surface area contributed by atoms with E-state index in [4.69, 9.17) is 5.73 Å². The summed E-state index contributed by atoms with van der Waals surface area (Å²) in [6.07, 6.45) is -0.861. The summed E-state index contributed by atoms with van der Waals surface area (Å²) in [5.74, 6) is -0.582. The van der Waals surface area contributed by atoms with Crippen LogP contribution in [0.4, 0.5) is 4.39 Å². The van der Waals surface area contributed by atoms with Gasteiger partial charge >= 0.3 is 0 Å². The molecule has 0 aliphatic carbocycles. The van der Waals surface area contributed by atoms with E-state index < -0.39 is 23.4 Å². The Morgan fingerprint density at radius 2 is 1.88 bits per heavy atom. The van der Waals surface area contributed by atoms with E-state index in [2.05, 4.69) is 0 Å². The lowest BCUT2D eigenvalue weighted by atomic mass is 9.82. The van der Waals surface area contributed by atoms with E-state index in [0.717, 1.165) is 12.1 Å². The number of hydrogen-bond donors (Lipinski definition) is 3. The van der Waals surface area contributed by atoms with Crippen LogP contribution < -0.4 is 5.73 Å². The van der Waals surface area contributed by atoms with E-state index in [1.165, 1.54) is 6.07 Å². The minimum atomic E-state index is -0.861. The van der Waals surface area contributed by atoms with Crippen LogP contribution in [0, 0.1) is 11.2 Å². The molecular formula is C12H18FNO2. The highest BCUT2D eigenvalue weighted by atomic mass is 19.1. The van der Waals surface area contributed by atoms with Crippen LogP contribution in [0.2, 0.25) is 0 Å². The Hall–Kier alpha value is -1.13. The molecule has 0 spiro atoms. The van der Waals surface area contributed by atoms with Gasteiger partial charge in [0.25, 0.3) is 0 Å². The molecule has 1 aromatic rings. The summed E-state index contributed by atoms with van der Waals surface area (Å²) >= 11 is 0. The standard InChI is InChI=1S/C12H18FNO2/c1-12(2,3)11(16)10(14)8-6-7(13)4-5-9(8)15/h4-6,10-11,15-16H,14H2,1-3H3/t10-,11-/m1/s1.